The molecule has 0 atom stereocenters. The summed E-state index contributed by atoms with van der Waals surface area (Å²) >= 11 is 0. The van der Waals surface area contributed by atoms with Gasteiger partial charge in [-0.05, 0) is 55.4 Å². The standard InChI is InChI=1S/C26H28N6/c1-31-13-15-32(16-14-31)20-7-5-18(6-8-20)25-26-24(29-30-25)10-9-23(28-26)22-4-2-3-19-17-27-12-11-21(19)22/h2-10,27H,11-17H2,1H3,(H,29,30). The van der Waals surface area contributed by atoms with Gasteiger partial charge in [0.05, 0.1) is 11.2 Å². The number of piperazine rings is 1. The van der Waals surface area contributed by atoms with Gasteiger partial charge in [-0.15, -0.1) is 0 Å². The second kappa shape index (κ2) is 8.04. The second-order valence-corrected chi connectivity index (χ2v) is 8.87. The number of fused-ring (bicyclic) bond motifs is 2. The van der Waals surface area contributed by atoms with E-state index in [1.54, 1.807) is 0 Å². The Balaban J connectivity index is 1.35. The summed E-state index contributed by atoms with van der Waals surface area (Å²) in [5.74, 6) is 0. The van der Waals surface area contributed by atoms with Gasteiger partial charge >= 0.3 is 0 Å². The van der Waals surface area contributed by atoms with Crippen molar-refractivity contribution < 1.29 is 0 Å². The second-order valence-electron chi connectivity index (χ2n) is 8.87. The molecule has 0 spiro atoms. The Morgan fingerprint density at radius 1 is 0.906 bits per heavy atom. The molecule has 4 aromatic rings. The van der Waals surface area contributed by atoms with Crippen LogP contribution in [0.5, 0.6) is 0 Å². The van der Waals surface area contributed by atoms with Crippen LogP contribution in [0.2, 0.25) is 0 Å². The predicted octanol–water partition coefficient (Wildman–Crippen LogP) is 3.69. The summed E-state index contributed by atoms with van der Waals surface area (Å²) in [6.07, 6.45) is 1.04. The third-order valence-corrected chi connectivity index (χ3v) is 6.83. The molecule has 2 aromatic heterocycles. The van der Waals surface area contributed by atoms with Gasteiger partial charge in [0.15, 0.2) is 0 Å². The summed E-state index contributed by atoms with van der Waals surface area (Å²) in [6.45, 7) is 6.31. The van der Waals surface area contributed by atoms with Crippen molar-refractivity contribution in [2.75, 3.05) is 44.7 Å². The zero-order chi connectivity index (χ0) is 21.5. The van der Waals surface area contributed by atoms with Gasteiger partial charge in [-0.1, -0.05) is 30.3 Å². The minimum atomic E-state index is 0.915. The maximum atomic E-state index is 5.08. The molecule has 162 valence electrons. The molecule has 32 heavy (non-hydrogen) atoms. The number of nitrogens with one attached hydrogen (secondary N) is 2. The van der Waals surface area contributed by atoms with Gasteiger partial charge in [-0.2, -0.15) is 5.10 Å². The van der Waals surface area contributed by atoms with Crippen LogP contribution in [0.15, 0.2) is 54.6 Å². The highest BCUT2D eigenvalue weighted by Gasteiger charge is 2.18. The van der Waals surface area contributed by atoms with Crippen molar-refractivity contribution in [2.45, 2.75) is 13.0 Å². The quantitative estimate of drug-likeness (QED) is 0.525. The van der Waals surface area contributed by atoms with Crippen LogP contribution in [0.25, 0.3) is 33.5 Å². The van der Waals surface area contributed by atoms with E-state index in [0.29, 0.717) is 0 Å². The van der Waals surface area contributed by atoms with E-state index in [1.807, 2.05) is 0 Å². The van der Waals surface area contributed by atoms with Crippen LogP contribution in [0, 0.1) is 0 Å². The average molecular weight is 425 g/mol. The van der Waals surface area contributed by atoms with Gasteiger partial charge in [0, 0.05) is 49.5 Å². The molecule has 6 rings (SSSR count). The number of pyridine rings is 1. The molecule has 4 heterocycles. The van der Waals surface area contributed by atoms with E-state index in [-0.39, 0.29) is 0 Å². The highest BCUT2D eigenvalue weighted by Crippen LogP contribution is 2.32. The summed E-state index contributed by atoms with van der Waals surface area (Å²) in [5, 5.41) is 11.3. The van der Waals surface area contributed by atoms with Crippen LogP contribution in [-0.2, 0) is 13.0 Å². The third-order valence-electron chi connectivity index (χ3n) is 6.83. The predicted molar refractivity (Wildman–Crippen MR) is 130 cm³/mol. The molecule has 0 saturated carbocycles. The van der Waals surface area contributed by atoms with E-state index < -0.39 is 0 Å². The normalized spacial score (nSPS) is 17.0. The molecule has 2 aromatic carbocycles. The Morgan fingerprint density at radius 3 is 2.59 bits per heavy atom. The molecular weight excluding hydrogens is 396 g/mol. The van der Waals surface area contributed by atoms with Crippen LogP contribution in [0.4, 0.5) is 5.69 Å². The maximum absolute atomic E-state index is 5.08. The van der Waals surface area contributed by atoms with E-state index in [9.17, 15) is 0 Å². The Labute approximate surface area is 188 Å². The number of rotatable bonds is 3. The van der Waals surface area contributed by atoms with Crippen LogP contribution in [-0.4, -0.2) is 59.9 Å². The van der Waals surface area contributed by atoms with Crippen molar-refractivity contribution >= 4 is 16.7 Å². The van der Waals surface area contributed by atoms with Crippen LogP contribution in [0.1, 0.15) is 11.1 Å². The van der Waals surface area contributed by atoms with Crippen molar-refractivity contribution in [1.82, 2.24) is 25.4 Å². The molecule has 1 fully saturated rings. The molecule has 0 aliphatic carbocycles. The first kappa shape index (κ1) is 19.5. The minimum absolute atomic E-state index is 0.915. The zero-order valence-electron chi connectivity index (χ0n) is 18.4. The molecule has 0 bridgehead atoms. The lowest BCUT2D eigenvalue weighted by Crippen LogP contribution is -2.44. The topological polar surface area (TPSA) is 60.1 Å². The van der Waals surface area contributed by atoms with Gasteiger partial charge in [0.1, 0.15) is 11.2 Å². The zero-order valence-corrected chi connectivity index (χ0v) is 18.4. The number of aromatic nitrogens is 3. The molecule has 1 saturated heterocycles. The summed E-state index contributed by atoms with van der Waals surface area (Å²) < 4.78 is 0. The Hall–Kier alpha value is -3.22. The lowest BCUT2D eigenvalue weighted by molar-refractivity contribution is 0.313. The molecule has 2 aliphatic rings. The van der Waals surface area contributed by atoms with Crippen molar-refractivity contribution in [3.8, 4) is 22.5 Å². The van der Waals surface area contributed by atoms with E-state index in [2.05, 4.69) is 87.0 Å². The lowest BCUT2D eigenvalue weighted by Gasteiger charge is -2.34. The number of likely N-dealkylation sites (N-methyl/N-ethyl adjacent to an activating group) is 1. The van der Waals surface area contributed by atoms with Crippen LogP contribution >= 0.6 is 0 Å². The number of benzene rings is 2. The summed E-state index contributed by atoms with van der Waals surface area (Å²) in [4.78, 5) is 9.91. The van der Waals surface area contributed by atoms with Gasteiger partial charge in [0.2, 0.25) is 0 Å². The first-order valence-electron chi connectivity index (χ1n) is 11.5. The lowest BCUT2D eigenvalue weighted by atomic mass is 9.93. The largest absolute Gasteiger partial charge is 0.369 e. The number of hydrogen-bond acceptors (Lipinski definition) is 5. The first-order valence-corrected chi connectivity index (χ1v) is 11.5. The van der Waals surface area contributed by atoms with E-state index in [4.69, 9.17) is 4.98 Å². The Kier molecular flexibility index (Phi) is 4.89. The monoisotopic (exact) mass is 424 g/mol. The highest BCUT2D eigenvalue weighted by atomic mass is 15.2. The third kappa shape index (κ3) is 3.45. The highest BCUT2D eigenvalue weighted by molar-refractivity contribution is 5.91. The van der Waals surface area contributed by atoms with Crippen LogP contribution in [0.3, 0.4) is 0 Å². The number of aromatic amines is 1. The van der Waals surface area contributed by atoms with E-state index >= 15 is 0 Å². The molecule has 2 N–H and O–H groups in total. The number of anilines is 1. The summed E-state index contributed by atoms with van der Waals surface area (Å²) in [5.41, 5.74) is 10.2. The number of hydrogen-bond donors (Lipinski definition) is 2. The number of H-pyrrole nitrogens is 1. The fourth-order valence-electron chi connectivity index (χ4n) is 4.92. The van der Waals surface area contributed by atoms with Crippen molar-refractivity contribution in [3.05, 3.63) is 65.7 Å². The fraction of sp³-hybridized carbons (Fsp3) is 0.308. The average Bonchev–Trinajstić information content (AvgIpc) is 3.28. The Bertz CT molecular complexity index is 1250. The SMILES string of the molecule is CN1CCN(c2ccc(-c3n[nH]c4ccc(-c5cccc6c5CCNC6)nc34)cc2)CC1. The van der Waals surface area contributed by atoms with Crippen molar-refractivity contribution in [1.29, 1.82) is 0 Å². The Morgan fingerprint density at radius 2 is 1.75 bits per heavy atom. The maximum Gasteiger partial charge on any atom is 0.118 e. The van der Waals surface area contributed by atoms with Gasteiger partial charge in [-0.3, -0.25) is 5.10 Å². The molecule has 6 nitrogen and oxygen atoms in total. The van der Waals surface area contributed by atoms with Gasteiger partial charge in [-0.25, -0.2) is 4.98 Å². The van der Waals surface area contributed by atoms with Crippen molar-refractivity contribution in [2.24, 2.45) is 0 Å². The van der Waals surface area contributed by atoms with Crippen molar-refractivity contribution in [3.63, 3.8) is 0 Å². The molecule has 0 amide bonds. The minimum Gasteiger partial charge on any atom is -0.369 e. The molecule has 6 heteroatoms. The van der Waals surface area contributed by atoms with E-state index in [1.165, 1.54) is 22.4 Å². The molecule has 2 aliphatic heterocycles. The van der Waals surface area contributed by atoms with Gasteiger partial charge in [0.25, 0.3) is 0 Å². The summed E-state index contributed by atoms with van der Waals surface area (Å²) in [7, 11) is 2.19. The number of nitrogens with zero attached hydrogens (tertiary/aromatic N) is 4. The van der Waals surface area contributed by atoms with Gasteiger partial charge < -0.3 is 15.1 Å². The van der Waals surface area contributed by atoms with Crippen LogP contribution < -0.4 is 10.2 Å². The van der Waals surface area contributed by atoms with E-state index in [0.717, 1.165) is 73.7 Å². The molecule has 0 unspecified atom stereocenters. The fourth-order valence-corrected chi connectivity index (χ4v) is 4.92. The summed E-state index contributed by atoms with van der Waals surface area (Å²) in [6, 6.07) is 19.5. The smallest absolute Gasteiger partial charge is 0.118 e. The first-order chi connectivity index (χ1) is 15.8. The molecular formula is C26H28N6. The molecule has 0 radical (unpaired) electrons.